The molecule has 3 N–H and O–H groups in total. The molecule has 15 heavy (non-hydrogen) atoms. The molecular weight excluding hydrogens is 204 g/mol. The fraction of sp³-hybridized carbons (Fsp3) is 0.667. The predicted octanol–water partition coefficient (Wildman–Crippen LogP) is -1.70. The van der Waals surface area contributed by atoms with Gasteiger partial charge in [-0.05, 0) is 0 Å². The number of ether oxygens (including phenoxy) is 2. The van der Waals surface area contributed by atoms with Crippen LogP contribution in [0.1, 0.15) is 6.42 Å². The molecule has 4 atom stereocenters. The van der Waals surface area contributed by atoms with Crippen LogP contribution < -0.4 is 0 Å². The minimum Gasteiger partial charge on any atom is -0.451 e. The molecule has 2 aliphatic rings. The Hall–Kier alpha value is -0.950. The maximum atomic E-state index is 11.4. The zero-order valence-electron chi connectivity index (χ0n) is 7.92. The van der Waals surface area contributed by atoms with Gasteiger partial charge in [0.15, 0.2) is 6.10 Å². The summed E-state index contributed by atoms with van der Waals surface area (Å²) in [4.78, 5) is 11.4. The SMILES string of the molecule is C=CCC1(O)C(=O)OC2C(O)COC21O. The zero-order chi connectivity index (χ0) is 11.3. The highest BCUT2D eigenvalue weighted by atomic mass is 16.7. The van der Waals surface area contributed by atoms with E-state index in [0.29, 0.717) is 0 Å². The summed E-state index contributed by atoms with van der Waals surface area (Å²) >= 11 is 0. The molecule has 0 aromatic rings. The Labute approximate surface area is 85.7 Å². The van der Waals surface area contributed by atoms with Crippen molar-refractivity contribution in [2.75, 3.05) is 6.61 Å². The summed E-state index contributed by atoms with van der Waals surface area (Å²) in [6.07, 6.45) is -1.30. The first-order chi connectivity index (χ1) is 6.95. The molecule has 2 aliphatic heterocycles. The third-order valence-electron chi connectivity index (χ3n) is 2.81. The Morgan fingerprint density at radius 2 is 2.27 bits per heavy atom. The first kappa shape index (κ1) is 10.6. The van der Waals surface area contributed by atoms with E-state index < -0.39 is 29.6 Å². The number of carbonyl (C=O) groups excluding carboxylic acids is 1. The summed E-state index contributed by atoms with van der Waals surface area (Å²) in [6.45, 7) is 3.18. The van der Waals surface area contributed by atoms with Crippen molar-refractivity contribution < 1.29 is 29.6 Å². The summed E-state index contributed by atoms with van der Waals surface area (Å²) in [7, 11) is 0. The van der Waals surface area contributed by atoms with Gasteiger partial charge in [-0.15, -0.1) is 6.58 Å². The smallest absolute Gasteiger partial charge is 0.344 e. The highest BCUT2D eigenvalue weighted by Gasteiger charge is 2.72. The molecule has 6 heteroatoms. The Balaban J connectivity index is 2.40. The summed E-state index contributed by atoms with van der Waals surface area (Å²) in [5.74, 6) is -3.19. The van der Waals surface area contributed by atoms with Crippen LogP contribution in [0.2, 0.25) is 0 Å². The van der Waals surface area contributed by atoms with Crippen LogP contribution in [0.5, 0.6) is 0 Å². The van der Waals surface area contributed by atoms with Crippen molar-refractivity contribution in [3.05, 3.63) is 12.7 Å². The molecule has 2 heterocycles. The minimum absolute atomic E-state index is 0.187. The molecule has 0 amide bonds. The highest BCUT2D eigenvalue weighted by Crippen LogP contribution is 2.44. The summed E-state index contributed by atoms with van der Waals surface area (Å²) in [5.41, 5.74) is -2.18. The van der Waals surface area contributed by atoms with Crippen molar-refractivity contribution in [2.24, 2.45) is 0 Å². The molecule has 4 unspecified atom stereocenters. The first-order valence-corrected chi connectivity index (χ1v) is 4.54. The molecule has 0 aromatic heterocycles. The van der Waals surface area contributed by atoms with E-state index in [1.165, 1.54) is 6.08 Å². The third-order valence-corrected chi connectivity index (χ3v) is 2.81. The van der Waals surface area contributed by atoms with E-state index in [1.807, 2.05) is 0 Å². The molecule has 0 aromatic carbocycles. The maximum absolute atomic E-state index is 11.4. The third kappa shape index (κ3) is 1.10. The van der Waals surface area contributed by atoms with E-state index >= 15 is 0 Å². The summed E-state index contributed by atoms with van der Waals surface area (Å²) < 4.78 is 9.58. The van der Waals surface area contributed by atoms with E-state index in [0.717, 1.165) is 0 Å². The van der Waals surface area contributed by atoms with Crippen molar-refractivity contribution in [1.82, 2.24) is 0 Å². The first-order valence-electron chi connectivity index (χ1n) is 4.54. The predicted molar refractivity (Wildman–Crippen MR) is 46.6 cm³/mol. The molecule has 0 radical (unpaired) electrons. The van der Waals surface area contributed by atoms with Crippen LogP contribution in [0.15, 0.2) is 12.7 Å². The number of fused-ring (bicyclic) bond motifs is 1. The van der Waals surface area contributed by atoms with Gasteiger partial charge in [0.25, 0.3) is 0 Å². The van der Waals surface area contributed by atoms with Crippen molar-refractivity contribution in [2.45, 2.75) is 30.0 Å². The zero-order valence-corrected chi connectivity index (χ0v) is 7.92. The average Bonchev–Trinajstić information content (AvgIpc) is 2.55. The average molecular weight is 216 g/mol. The lowest BCUT2D eigenvalue weighted by molar-refractivity contribution is -0.261. The largest absolute Gasteiger partial charge is 0.451 e. The molecule has 2 rings (SSSR count). The monoisotopic (exact) mass is 216 g/mol. The Morgan fingerprint density at radius 3 is 2.87 bits per heavy atom. The number of aliphatic hydroxyl groups excluding tert-OH is 1. The van der Waals surface area contributed by atoms with Crippen molar-refractivity contribution in [1.29, 1.82) is 0 Å². The number of hydrogen-bond donors (Lipinski definition) is 3. The number of hydrogen-bond acceptors (Lipinski definition) is 6. The van der Waals surface area contributed by atoms with E-state index in [2.05, 4.69) is 6.58 Å². The summed E-state index contributed by atoms with van der Waals surface area (Å²) in [6, 6.07) is 0. The van der Waals surface area contributed by atoms with Crippen molar-refractivity contribution >= 4 is 5.97 Å². The number of rotatable bonds is 2. The van der Waals surface area contributed by atoms with Gasteiger partial charge >= 0.3 is 5.97 Å². The standard InChI is InChI=1S/C9H12O6/c1-2-3-8(12)7(11)15-6-5(10)4-14-9(6,8)13/h2,5-6,10,12-13H,1,3-4H2. The van der Waals surface area contributed by atoms with Gasteiger partial charge < -0.3 is 24.8 Å². The molecule has 2 fully saturated rings. The van der Waals surface area contributed by atoms with Crippen LogP contribution in [-0.2, 0) is 14.3 Å². The lowest BCUT2D eigenvalue weighted by Gasteiger charge is -2.30. The molecule has 0 saturated carbocycles. The van der Waals surface area contributed by atoms with Gasteiger partial charge in [0.05, 0.1) is 6.61 Å². The molecular formula is C9H12O6. The number of aliphatic hydroxyl groups is 3. The van der Waals surface area contributed by atoms with Gasteiger partial charge in [0, 0.05) is 6.42 Å². The van der Waals surface area contributed by atoms with Crippen LogP contribution in [0, 0.1) is 0 Å². The minimum atomic E-state index is -2.18. The fourth-order valence-electron chi connectivity index (χ4n) is 1.95. The fourth-order valence-corrected chi connectivity index (χ4v) is 1.95. The van der Waals surface area contributed by atoms with Crippen LogP contribution in [0.4, 0.5) is 0 Å². The van der Waals surface area contributed by atoms with E-state index in [4.69, 9.17) is 9.47 Å². The normalized spacial score (nSPS) is 48.9. The van der Waals surface area contributed by atoms with Crippen LogP contribution in [0.3, 0.4) is 0 Å². The summed E-state index contributed by atoms with van der Waals surface area (Å²) in [5, 5.41) is 29.4. The van der Waals surface area contributed by atoms with Gasteiger partial charge in [-0.2, -0.15) is 0 Å². The molecule has 0 spiro atoms. The topological polar surface area (TPSA) is 96.2 Å². The second-order valence-electron chi connectivity index (χ2n) is 3.75. The van der Waals surface area contributed by atoms with Crippen LogP contribution >= 0.6 is 0 Å². The molecule has 84 valence electrons. The van der Waals surface area contributed by atoms with E-state index in [-0.39, 0.29) is 13.0 Å². The maximum Gasteiger partial charge on any atom is 0.344 e. The Bertz CT molecular complexity index is 316. The molecule has 6 nitrogen and oxygen atoms in total. The van der Waals surface area contributed by atoms with Gasteiger partial charge in [-0.1, -0.05) is 6.08 Å². The van der Waals surface area contributed by atoms with E-state index in [9.17, 15) is 20.1 Å². The number of esters is 1. The van der Waals surface area contributed by atoms with Gasteiger partial charge in [0.1, 0.15) is 6.10 Å². The van der Waals surface area contributed by atoms with Crippen molar-refractivity contribution in [3.8, 4) is 0 Å². The Kier molecular flexibility index (Phi) is 2.13. The van der Waals surface area contributed by atoms with Crippen molar-refractivity contribution in [3.63, 3.8) is 0 Å². The van der Waals surface area contributed by atoms with E-state index in [1.54, 1.807) is 0 Å². The molecule has 0 aliphatic carbocycles. The lowest BCUT2D eigenvalue weighted by Crippen LogP contribution is -2.57. The highest BCUT2D eigenvalue weighted by molar-refractivity contribution is 5.84. The van der Waals surface area contributed by atoms with Gasteiger partial charge in [0.2, 0.25) is 11.4 Å². The Morgan fingerprint density at radius 1 is 1.60 bits per heavy atom. The second-order valence-corrected chi connectivity index (χ2v) is 3.75. The second kappa shape index (κ2) is 3.02. The van der Waals surface area contributed by atoms with Crippen LogP contribution in [-0.4, -0.2) is 51.5 Å². The molecule has 2 saturated heterocycles. The van der Waals surface area contributed by atoms with Gasteiger partial charge in [-0.25, -0.2) is 4.79 Å². The lowest BCUT2D eigenvalue weighted by atomic mass is 9.88. The van der Waals surface area contributed by atoms with Crippen LogP contribution in [0.25, 0.3) is 0 Å². The number of carbonyl (C=O) groups is 1. The van der Waals surface area contributed by atoms with Gasteiger partial charge in [-0.3, -0.25) is 0 Å². The quantitative estimate of drug-likeness (QED) is 0.376. The molecule has 0 bridgehead atoms.